The third kappa shape index (κ3) is 2.51. The molecule has 0 aliphatic carbocycles. The zero-order valence-corrected chi connectivity index (χ0v) is 11.2. The van der Waals surface area contributed by atoms with E-state index in [1.807, 2.05) is 48.8 Å². The van der Waals surface area contributed by atoms with Crippen molar-refractivity contribution < 1.29 is 0 Å². The average molecular weight is 266 g/mol. The van der Waals surface area contributed by atoms with Gasteiger partial charge in [-0.1, -0.05) is 36.4 Å². The summed E-state index contributed by atoms with van der Waals surface area (Å²) >= 11 is 4.27. The first-order valence-corrected chi connectivity index (χ1v) is 6.56. The molecule has 0 bridgehead atoms. The predicted octanol–water partition coefficient (Wildman–Crippen LogP) is 4.62. The molecule has 0 radical (unpaired) electrons. The summed E-state index contributed by atoms with van der Waals surface area (Å²) in [5.74, 6) is 0. The number of fused-ring (bicyclic) bond motifs is 2. The molecular formula is C16H14N2S. The summed E-state index contributed by atoms with van der Waals surface area (Å²) in [6, 6.07) is 18.4. The fourth-order valence-corrected chi connectivity index (χ4v) is 2.31. The van der Waals surface area contributed by atoms with E-state index in [1.165, 1.54) is 16.3 Å². The van der Waals surface area contributed by atoms with E-state index >= 15 is 0 Å². The molecule has 4 rings (SSSR count). The minimum absolute atomic E-state index is 1.01. The van der Waals surface area contributed by atoms with Crippen LogP contribution >= 0.6 is 12.6 Å². The van der Waals surface area contributed by atoms with Crippen LogP contribution in [-0.2, 0) is 0 Å². The first-order chi connectivity index (χ1) is 9.34. The van der Waals surface area contributed by atoms with Gasteiger partial charge in [0, 0.05) is 33.7 Å². The van der Waals surface area contributed by atoms with Gasteiger partial charge in [-0.25, -0.2) is 0 Å². The Hall–Kier alpha value is -2.13. The lowest BCUT2D eigenvalue weighted by Crippen LogP contribution is -1.63. The van der Waals surface area contributed by atoms with E-state index < -0.39 is 0 Å². The largest absolute Gasteiger partial charge is 0.361 e. The summed E-state index contributed by atoms with van der Waals surface area (Å²) in [6.07, 6.45) is 3.85. The standard InChI is InChI=1S/C8H7NS.C8H7N/c10-8-5-9-7-4-2-1-3-6(7)8;1-2-4-8-7(3-1)5-6-9-8/h1-5,9-10H;1-6,9H. The summed E-state index contributed by atoms with van der Waals surface area (Å²) in [4.78, 5) is 7.24. The molecule has 0 spiro atoms. The van der Waals surface area contributed by atoms with Crippen LogP contribution in [-0.4, -0.2) is 9.97 Å². The van der Waals surface area contributed by atoms with Gasteiger partial charge in [-0.05, 0) is 23.6 Å². The topological polar surface area (TPSA) is 31.6 Å². The Morgan fingerprint density at radius 1 is 0.737 bits per heavy atom. The number of thiol groups is 1. The molecule has 0 fully saturated rings. The first kappa shape index (κ1) is 11.9. The average Bonchev–Trinajstić information content (AvgIpc) is 3.07. The summed E-state index contributed by atoms with van der Waals surface area (Å²) in [7, 11) is 0. The first-order valence-electron chi connectivity index (χ1n) is 6.12. The molecule has 0 aliphatic rings. The maximum Gasteiger partial charge on any atom is 0.0465 e. The van der Waals surface area contributed by atoms with Gasteiger partial charge in [0.15, 0.2) is 0 Å². The lowest BCUT2D eigenvalue weighted by molar-refractivity contribution is 1.42. The minimum atomic E-state index is 1.01. The Labute approximate surface area is 116 Å². The van der Waals surface area contributed by atoms with Gasteiger partial charge in [0.05, 0.1) is 0 Å². The summed E-state index contributed by atoms with van der Waals surface area (Å²) in [5.41, 5.74) is 2.35. The Morgan fingerprint density at radius 2 is 1.47 bits per heavy atom. The maximum atomic E-state index is 4.27. The Morgan fingerprint density at radius 3 is 2.26 bits per heavy atom. The molecule has 0 aliphatic heterocycles. The molecule has 3 heteroatoms. The predicted molar refractivity (Wildman–Crippen MR) is 83.8 cm³/mol. The van der Waals surface area contributed by atoms with Crippen molar-refractivity contribution in [3.8, 4) is 0 Å². The van der Waals surface area contributed by atoms with Crippen LogP contribution in [0.3, 0.4) is 0 Å². The highest BCUT2D eigenvalue weighted by molar-refractivity contribution is 7.80. The number of para-hydroxylation sites is 2. The van der Waals surface area contributed by atoms with Crippen molar-refractivity contribution in [1.29, 1.82) is 0 Å². The fourth-order valence-electron chi connectivity index (χ4n) is 2.05. The highest BCUT2D eigenvalue weighted by Gasteiger charge is 1.95. The second kappa shape index (κ2) is 5.24. The van der Waals surface area contributed by atoms with Crippen LogP contribution in [0.4, 0.5) is 0 Å². The smallest absolute Gasteiger partial charge is 0.0465 e. The molecule has 0 atom stereocenters. The van der Waals surface area contributed by atoms with E-state index in [2.05, 4.69) is 40.8 Å². The summed E-state index contributed by atoms with van der Waals surface area (Å²) < 4.78 is 0. The van der Waals surface area contributed by atoms with Gasteiger partial charge in [-0.3, -0.25) is 0 Å². The van der Waals surface area contributed by atoms with Crippen molar-refractivity contribution in [1.82, 2.24) is 9.97 Å². The SMILES string of the molecule is Sc1c[nH]c2ccccc12.c1ccc2[nH]ccc2c1. The van der Waals surface area contributed by atoms with Crippen LogP contribution in [0, 0.1) is 0 Å². The number of hydrogen-bond acceptors (Lipinski definition) is 1. The van der Waals surface area contributed by atoms with E-state index in [1.54, 1.807) is 0 Å². The highest BCUT2D eigenvalue weighted by Crippen LogP contribution is 2.19. The monoisotopic (exact) mass is 266 g/mol. The van der Waals surface area contributed by atoms with Gasteiger partial charge in [0.25, 0.3) is 0 Å². The molecule has 2 N–H and O–H groups in total. The van der Waals surface area contributed by atoms with Crippen LogP contribution in [0.5, 0.6) is 0 Å². The second-order valence-electron chi connectivity index (χ2n) is 4.28. The van der Waals surface area contributed by atoms with Crippen LogP contribution in [0.25, 0.3) is 21.8 Å². The van der Waals surface area contributed by atoms with Crippen molar-refractivity contribution in [2.24, 2.45) is 0 Å². The van der Waals surface area contributed by atoms with Crippen LogP contribution in [0.2, 0.25) is 0 Å². The van der Waals surface area contributed by atoms with E-state index in [0.717, 1.165) is 10.4 Å². The number of aromatic amines is 2. The third-order valence-corrected chi connectivity index (χ3v) is 3.40. The lowest BCUT2D eigenvalue weighted by atomic mass is 10.2. The van der Waals surface area contributed by atoms with Crippen molar-refractivity contribution in [3.05, 3.63) is 67.0 Å². The van der Waals surface area contributed by atoms with E-state index in [9.17, 15) is 0 Å². The number of H-pyrrole nitrogens is 2. The number of hydrogen-bond donors (Lipinski definition) is 3. The van der Waals surface area contributed by atoms with Gasteiger partial charge >= 0.3 is 0 Å². The molecule has 19 heavy (non-hydrogen) atoms. The zero-order chi connectivity index (χ0) is 13.1. The molecule has 2 aromatic carbocycles. The highest BCUT2D eigenvalue weighted by atomic mass is 32.1. The zero-order valence-electron chi connectivity index (χ0n) is 10.3. The molecule has 0 saturated heterocycles. The molecule has 0 amide bonds. The molecular weight excluding hydrogens is 252 g/mol. The normalized spacial score (nSPS) is 10.4. The van der Waals surface area contributed by atoms with E-state index in [-0.39, 0.29) is 0 Å². The van der Waals surface area contributed by atoms with Crippen molar-refractivity contribution >= 4 is 34.4 Å². The quantitative estimate of drug-likeness (QED) is 0.388. The van der Waals surface area contributed by atoms with Gasteiger partial charge in [0.1, 0.15) is 0 Å². The van der Waals surface area contributed by atoms with E-state index in [4.69, 9.17) is 0 Å². The van der Waals surface area contributed by atoms with Gasteiger partial charge in [-0.15, -0.1) is 12.6 Å². The van der Waals surface area contributed by atoms with Gasteiger partial charge in [0.2, 0.25) is 0 Å². The number of nitrogens with one attached hydrogen (secondary N) is 2. The minimum Gasteiger partial charge on any atom is -0.361 e. The molecule has 0 unspecified atom stereocenters. The second-order valence-corrected chi connectivity index (χ2v) is 4.77. The summed E-state index contributed by atoms with van der Waals surface area (Å²) in [5, 5.41) is 2.46. The Bertz CT molecular complexity index is 768. The molecule has 2 nitrogen and oxygen atoms in total. The number of benzene rings is 2. The number of rotatable bonds is 0. The lowest BCUT2D eigenvalue weighted by Gasteiger charge is -1.86. The van der Waals surface area contributed by atoms with Crippen molar-refractivity contribution in [2.45, 2.75) is 4.90 Å². The van der Waals surface area contributed by atoms with E-state index in [0.29, 0.717) is 0 Å². The van der Waals surface area contributed by atoms with Gasteiger partial charge < -0.3 is 9.97 Å². The molecule has 2 aromatic heterocycles. The van der Waals surface area contributed by atoms with Crippen LogP contribution in [0.1, 0.15) is 0 Å². The fraction of sp³-hybridized carbons (Fsp3) is 0. The Kier molecular flexibility index (Phi) is 3.29. The molecule has 94 valence electrons. The molecule has 0 saturated carbocycles. The molecule has 2 heterocycles. The third-order valence-electron chi connectivity index (χ3n) is 3.03. The number of aromatic nitrogens is 2. The molecule has 4 aromatic rings. The summed E-state index contributed by atoms with van der Waals surface area (Å²) in [6.45, 7) is 0. The Balaban J connectivity index is 0.000000117. The maximum absolute atomic E-state index is 4.27. The van der Waals surface area contributed by atoms with Crippen molar-refractivity contribution in [2.75, 3.05) is 0 Å². The van der Waals surface area contributed by atoms with Crippen LogP contribution < -0.4 is 0 Å². The van der Waals surface area contributed by atoms with Crippen LogP contribution in [0.15, 0.2) is 71.9 Å². The van der Waals surface area contributed by atoms with Gasteiger partial charge in [-0.2, -0.15) is 0 Å². The van der Waals surface area contributed by atoms with Crippen molar-refractivity contribution in [3.63, 3.8) is 0 Å².